The molecule has 1 atom stereocenters. The molecule has 0 saturated carbocycles. The topological polar surface area (TPSA) is 47.3 Å². The first-order valence-electron chi connectivity index (χ1n) is 7.52. The van der Waals surface area contributed by atoms with Crippen LogP contribution in [0.25, 0.3) is 0 Å². The fourth-order valence-electron chi connectivity index (χ4n) is 2.15. The third-order valence-corrected chi connectivity index (χ3v) is 3.46. The fraction of sp³-hybridized carbons (Fsp3) is 0.333. The summed E-state index contributed by atoms with van der Waals surface area (Å²) in [6.45, 7) is 5.86. The van der Waals surface area contributed by atoms with Crippen LogP contribution in [-0.4, -0.2) is 13.2 Å². The molecule has 1 unspecified atom stereocenters. The number of benzene rings is 2. The van der Waals surface area contributed by atoms with E-state index in [0.717, 1.165) is 24.4 Å². The van der Waals surface area contributed by atoms with Crippen LogP contribution in [-0.2, 0) is 0 Å². The van der Waals surface area contributed by atoms with E-state index < -0.39 is 0 Å². The van der Waals surface area contributed by atoms with Crippen molar-refractivity contribution in [1.29, 1.82) is 0 Å². The number of nitrogens with two attached hydrogens (primary N) is 1. The molecule has 2 aromatic carbocycles. The summed E-state index contributed by atoms with van der Waals surface area (Å²) in [4.78, 5) is 0. The van der Waals surface area contributed by atoms with Gasteiger partial charge in [0.25, 0.3) is 0 Å². The summed E-state index contributed by atoms with van der Waals surface area (Å²) >= 11 is 0. The standard InChI is InChI=1S/C18H24N2O/c1-3-11-21-18-12-16(9-10-17(18)19)20-13-14(2)15-7-5-4-6-8-15/h4-10,12,14,20H,3,11,13,19H2,1-2H3. The van der Waals surface area contributed by atoms with Crippen LogP contribution in [0, 0.1) is 0 Å². The predicted octanol–water partition coefficient (Wildman–Crippen LogP) is 4.27. The molecule has 0 bridgehead atoms. The van der Waals surface area contributed by atoms with Crippen molar-refractivity contribution in [3.63, 3.8) is 0 Å². The van der Waals surface area contributed by atoms with Gasteiger partial charge in [0.15, 0.2) is 0 Å². The van der Waals surface area contributed by atoms with Crippen molar-refractivity contribution in [3.8, 4) is 5.75 Å². The molecule has 0 amide bonds. The molecule has 0 aliphatic rings. The quantitative estimate of drug-likeness (QED) is 0.746. The Morgan fingerprint density at radius 1 is 1.14 bits per heavy atom. The van der Waals surface area contributed by atoms with E-state index in [9.17, 15) is 0 Å². The Balaban J connectivity index is 1.96. The lowest BCUT2D eigenvalue weighted by Gasteiger charge is -2.15. The van der Waals surface area contributed by atoms with Crippen LogP contribution in [0.1, 0.15) is 31.7 Å². The highest BCUT2D eigenvalue weighted by Crippen LogP contribution is 2.26. The van der Waals surface area contributed by atoms with Crippen molar-refractivity contribution in [1.82, 2.24) is 0 Å². The highest BCUT2D eigenvalue weighted by Gasteiger charge is 2.06. The van der Waals surface area contributed by atoms with Crippen LogP contribution >= 0.6 is 0 Å². The summed E-state index contributed by atoms with van der Waals surface area (Å²) in [5, 5.41) is 3.45. The smallest absolute Gasteiger partial charge is 0.144 e. The lowest BCUT2D eigenvalue weighted by molar-refractivity contribution is 0.319. The molecule has 0 aromatic heterocycles. The number of hydrogen-bond donors (Lipinski definition) is 2. The molecule has 2 rings (SSSR count). The number of anilines is 2. The number of nitrogens with one attached hydrogen (secondary N) is 1. The van der Waals surface area contributed by atoms with Gasteiger partial charge in [-0.2, -0.15) is 0 Å². The van der Waals surface area contributed by atoms with E-state index >= 15 is 0 Å². The first-order valence-corrected chi connectivity index (χ1v) is 7.52. The summed E-state index contributed by atoms with van der Waals surface area (Å²) < 4.78 is 5.65. The van der Waals surface area contributed by atoms with E-state index in [-0.39, 0.29) is 0 Å². The maximum absolute atomic E-state index is 5.92. The van der Waals surface area contributed by atoms with E-state index in [1.165, 1.54) is 5.56 Å². The third-order valence-electron chi connectivity index (χ3n) is 3.46. The minimum atomic E-state index is 0.448. The second-order valence-corrected chi connectivity index (χ2v) is 5.29. The summed E-state index contributed by atoms with van der Waals surface area (Å²) in [6.07, 6.45) is 0.974. The average molecular weight is 284 g/mol. The summed E-state index contributed by atoms with van der Waals surface area (Å²) in [5.74, 6) is 1.21. The minimum Gasteiger partial charge on any atom is -0.491 e. The Morgan fingerprint density at radius 3 is 2.62 bits per heavy atom. The third kappa shape index (κ3) is 4.42. The minimum absolute atomic E-state index is 0.448. The van der Waals surface area contributed by atoms with E-state index in [0.29, 0.717) is 18.2 Å². The molecule has 21 heavy (non-hydrogen) atoms. The Hall–Kier alpha value is -2.16. The van der Waals surface area contributed by atoms with Gasteiger partial charge in [-0.05, 0) is 30.0 Å². The zero-order valence-corrected chi connectivity index (χ0v) is 12.8. The van der Waals surface area contributed by atoms with Crippen LogP contribution in [0.3, 0.4) is 0 Å². The van der Waals surface area contributed by atoms with E-state index in [2.05, 4.69) is 43.4 Å². The molecule has 112 valence electrons. The summed E-state index contributed by atoms with van der Waals surface area (Å²) in [5.41, 5.74) is 8.99. The van der Waals surface area contributed by atoms with Crippen molar-refractivity contribution in [2.45, 2.75) is 26.2 Å². The van der Waals surface area contributed by atoms with E-state index in [1.807, 2.05) is 24.3 Å². The van der Waals surface area contributed by atoms with Crippen molar-refractivity contribution in [2.24, 2.45) is 0 Å². The van der Waals surface area contributed by atoms with Crippen LogP contribution in [0.2, 0.25) is 0 Å². The van der Waals surface area contributed by atoms with Crippen LogP contribution < -0.4 is 15.8 Å². The first kappa shape index (κ1) is 15.2. The fourth-order valence-corrected chi connectivity index (χ4v) is 2.15. The van der Waals surface area contributed by atoms with Gasteiger partial charge in [-0.15, -0.1) is 0 Å². The molecule has 0 fully saturated rings. The second kappa shape index (κ2) is 7.58. The highest BCUT2D eigenvalue weighted by atomic mass is 16.5. The zero-order chi connectivity index (χ0) is 15.1. The lowest BCUT2D eigenvalue weighted by atomic mass is 10.0. The molecular weight excluding hydrogens is 260 g/mol. The molecule has 3 heteroatoms. The van der Waals surface area contributed by atoms with Gasteiger partial charge in [0, 0.05) is 18.3 Å². The van der Waals surface area contributed by atoms with Crippen LogP contribution in [0.5, 0.6) is 5.75 Å². The average Bonchev–Trinajstić information content (AvgIpc) is 2.53. The van der Waals surface area contributed by atoms with Crippen LogP contribution in [0.15, 0.2) is 48.5 Å². The van der Waals surface area contributed by atoms with Crippen molar-refractivity contribution < 1.29 is 4.74 Å². The molecule has 3 nitrogen and oxygen atoms in total. The Labute approximate surface area is 127 Å². The van der Waals surface area contributed by atoms with Crippen molar-refractivity contribution in [3.05, 3.63) is 54.1 Å². The highest BCUT2D eigenvalue weighted by molar-refractivity contribution is 5.61. The van der Waals surface area contributed by atoms with Gasteiger partial charge in [0.2, 0.25) is 0 Å². The number of nitrogen functional groups attached to an aromatic ring is 1. The van der Waals surface area contributed by atoms with Gasteiger partial charge < -0.3 is 15.8 Å². The van der Waals surface area contributed by atoms with E-state index in [4.69, 9.17) is 10.5 Å². The first-order chi connectivity index (χ1) is 10.2. The van der Waals surface area contributed by atoms with Gasteiger partial charge in [-0.1, -0.05) is 44.2 Å². The molecule has 0 aliphatic heterocycles. The zero-order valence-electron chi connectivity index (χ0n) is 12.8. The summed E-state index contributed by atoms with van der Waals surface area (Å²) in [7, 11) is 0. The molecule has 0 saturated heterocycles. The van der Waals surface area contributed by atoms with Gasteiger partial charge in [-0.25, -0.2) is 0 Å². The van der Waals surface area contributed by atoms with Gasteiger partial charge in [-0.3, -0.25) is 0 Å². The molecule has 0 heterocycles. The number of hydrogen-bond acceptors (Lipinski definition) is 3. The predicted molar refractivity (Wildman–Crippen MR) is 90.0 cm³/mol. The van der Waals surface area contributed by atoms with Gasteiger partial charge in [0.05, 0.1) is 12.3 Å². The van der Waals surface area contributed by atoms with Crippen molar-refractivity contribution >= 4 is 11.4 Å². The summed E-state index contributed by atoms with van der Waals surface area (Å²) in [6, 6.07) is 16.4. The molecule has 0 spiro atoms. The molecule has 0 radical (unpaired) electrons. The lowest BCUT2D eigenvalue weighted by Crippen LogP contribution is -2.10. The van der Waals surface area contributed by atoms with E-state index in [1.54, 1.807) is 0 Å². The van der Waals surface area contributed by atoms with Gasteiger partial charge in [0.1, 0.15) is 5.75 Å². The van der Waals surface area contributed by atoms with Crippen LogP contribution in [0.4, 0.5) is 11.4 Å². The largest absolute Gasteiger partial charge is 0.491 e. The molecule has 0 aliphatic carbocycles. The second-order valence-electron chi connectivity index (χ2n) is 5.29. The monoisotopic (exact) mass is 284 g/mol. The maximum atomic E-state index is 5.92. The molecule has 2 aromatic rings. The SMILES string of the molecule is CCCOc1cc(NCC(C)c2ccccc2)ccc1N. The molecular formula is C18H24N2O. The number of ether oxygens (including phenoxy) is 1. The maximum Gasteiger partial charge on any atom is 0.144 e. The Morgan fingerprint density at radius 2 is 1.90 bits per heavy atom. The van der Waals surface area contributed by atoms with Gasteiger partial charge >= 0.3 is 0 Å². The number of rotatable bonds is 7. The van der Waals surface area contributed by atoms with Crippen molar-refractivity contribution in [2.75, 3.05) is 24.2 Å². The Kier molecular flexibility index (Phi) is 5.50. The Bertz CT molecular complexity index is 554. The molecule has 3 N–H and O–H groups in total. The normalized spacial score (nSPS) is 11.9.